The molecule has 0 bridgehead atoms. The van der Waals surface area contributed by atoms with Gasteiger partial charge in [-0.3, -0.25) is 4.79 Å². The molecular formula is C19H16N2O5. The summed E-state index contributed by atoms with van der Waals surface area (Å²) in [5, 5.41) is 11.4. The van der Waals surface area contributed by atoms with Crippen LogP contribution in [0.2, 0.25) is 0 Å². The predicted octanol–water partition coefficient (Wildman–Crippen LogP) is 2.51. The summed E-state index contributed by atoms with van der Waals surface area (Å²) < 4.78 is 16.1. The van der Waals surface area contributed by atoms with Gasteiger partial charge in [0.05, 0.1) is 17.2 Å². The zero-order chi connectivity index (χ0) is 18.5. The first-order valence-corrected chi connectivity index (χ1v) is 7.98. The number of carbonyl (C=O) groups is 2. The summed E-state index contributed by atoms with van der Waals surface area (Å²) in [7, 11) is 0. The molecule has 0 unspecified atom stereocenters. The molecule has 0 spiro atoms. The molecule has 0 saturated carbocycles. The van der Waals surface area contributed by atoms with Crippen molar-refractivity contribution in [2.45, 2.75) is 13.0 Å². The number of ether oxygens (including phenoxy) is 3. The van der Waals surface area contributed by atoms with E-state index in [1.807, 2.05) is 6.07 Å². The van der Waals surface area contributed by atoms with E-state index in [1.165, 1.54) is 31.2 Å². The molecule has 1 aliphatic rings. The molecule has 1 N–H and O–H groups in total. The van der Waals surface area contributed by atoms with Crippen LogP contribution in [0.15, 0.2) is 42.5 Å². The molecule has 0 radical (unpaired) electrons. The maximum absolute atomic E-state index is 12.2. The first kappa shape index (κ1) is 17.3. The minimum atomic E-state index is -0.994. The number of nitrogens with zero attached hydrogens (tertiary/aromatic N) is 1. The molecule has 0 aromatic heterocycles. The van der Waals surface area contributed by atoms with Gasteiger partial charge in [0.15, 0.2) is 17.6 Å². The number of hydrogen-bond acceptors (Lipinski definition) is 6. The lowest BCUT2D eigenvalue weighted by molar-refractivity contribution is -0.123. The standard InChI is InChI=1S/C19H16N2O5/c1-12(26-19(23)14-4-2-13(11-20)3-5-14)18(22)21-15-6-7-16-17(10-15)25-9-8-24-16/h2-7,10,12H,8-9H2,1H3,(H,21,22)/t12-/m0/s1. The van der Waals surface area contributed by atoms with Crippen LogP contribution in [0.4, 0.5) is 5.69 Å². The fraction of sp³-hybridized carbons (Fsp3) is 0.211. The number of nitriles is 1. The van der Waals surface area contributed by atoms with Crippen molar-refractivity contribution in [3.05, 3.63) is 53.6 Å². The van der Waals surface area contributed by atoms with E-state index in [2.05, 4.69) is 5.32 Å². The first-order chi connectivity index (χ1) is 12.6. The number of fused-ring (bicyclic) bond motifs is 1. The Morgan fingerprint density at radius 1 is 1.12 bits per heavy atom. The quantitative estimate of drug-likeness (QED) is 0.849. The van der Waals surface area contributed by atoms with Gasteiger partial charge in [0.1, 0.15) is 13.2 Å². The van der Waals surface area contributed by atoms with E-state index in [0.717, 1.165) is 0 Å². The van der Waals surface area contributed by atoms with Crippen molar-refractivity contribution in [3.63, 3.8) is 0 Å². The molecule has 1 amide bonds. The minimum Gasteiger partial charge on any atom is -0.486 e. The molecule has 2 aromatic rings. The molecule has 132 valence electrons. The average Bonchev–Trinajstić information content (AvgIpc) is 2.67. The molecule has 7 nitrogen and oxygen atoms in total. The highest BCUT2D eigenvalue weighted by Crippen LogP contribution is 2.32. The van der Waals surface area contributed by atoms with Crippen molar-refractivity contribution in [1.82, 2.24) is 0 Å². The Balaban J connectivity index is 1.60. The van der Waals surface area contributed by atoms with Crippen LogP contribution in [0.3, 0.4) is 0 Å². The smallest absolute Gasteiger partial charge is 0.338 e. The summed E-state index contributed by atoms with van der Waals surface area (Å²) in [5.41, 5.74) is 1.22. The van der Waals surface area contributed by atoms with Crippen LogP contribution >= 0.6 is 0 Å². The number of hydrogen-bond donors (Lipinski definition) is 1. The largest absolute Gasteiger partial charge is 0.486 e. The lowest BCUT2D eigenvalue weighted by atomic mass is 10.1. The molecule has 0 aliphatic carbocycles. The monoisotopic (exact) mass is 352 g/mol. The SMILES string of the molecule is C[C@H](OC(=O)c1ccc(C#N)cc1)C(=O)Nc1ccc2c(c1)OCCO2. The third kappa shape index (κ3) is 3.92. The molecule has 26 heavy (non-hydrogen) atoms. The Kier molecular flexibility index (Phi) is 5.04. The van der Waals surface area contributed by atoms with E-state index in [1.54, 1.807) is 18.2 Å². The van der Waals surface area contributed by atoms with E-state index < -0.39 is 18.0 Å². The van der Waals surface area contributed by atoms with Crippen molar-refractivity contribution in [2.24, 2.45) is 0 Å². The third-order valence-corrected chi connectivity index (χ3v) is 3.71. The number of carbonyl (C=O) groups excluding carboxylic acids is 2. The second kappa shape index (κ2) is 7.57. The summed E-state index contributed by atoms with van der Waals surface area (Å²) in [6.45, 7) is 2.42. The topological polar surface area (TPSA) is 97.7 Å². The van der Waals surface area contributed by atoms with E-state index in [9.17, 15) is 9.59 Å². The maximum Gasteiger partial charge on any atom is 0.338 e. The summed E-state index contributed by atoms with van der Waals surface area (Å²) in [6, 6.07) is 13.0. The summed E-state index contributed by atoms with van der Waals surface area (Å²) in [6.07, 6.45) is -0.994. The minimum absolute atomic E-state index is 0.267. The van der Waals surface area contributed by atoms with Crippen molar-refractivity contribution in [1.29, 1.82) is 5.26 Å². The molecule has 1 atom stereocenters. The van der Waals surface area contributed by atoms with Gasteiger partial charge in [-0.1, -0.05) is 0 Å². The van der Waals surface area contributed by atoms with Crippen molar-refractivity contribution in [2.75, 3.05) is 18.5 Å². The Labute approximate surface area is 150 Å². The van der Waals surface area contributed by atoms with Gasteiger partial charge in [-0.25, -0.2) is 4.79 Å². The Bertz CT molecular complexity index is 870. The Morgan fingerprint density at radius 2 is 1.81 bits per heavy atom. The number of amides is 1. The molecule has 0 saturated heterocycles. The van der Waals surface area contributed by atoms with Gasteiger partial charge >= 0.3 is 5.97 Å². The molecular weight excluding hydrogens is 336 g/mol. The molecule has 1 aliphatic heterocycles. The number of esters is 1. The molecule has 2 aromatic carbocycles. The van der Waals surface area contributed by atoms with Gasteiger partial charge in [-0.15, -0.1) is 0 Å². The van der Waals surface area contributed by atoms with Crippen molar-refractivity contribution in [3.8, 4) is 17.6 Å². The predicted molar refractivity (Wildman–Crippen MR) is 92.1 cm³/mol. The van der Waals surface area contributed by atoms with Crippen LogP contribution in [0.5, 0.6) is 11.5 Å². The lowest BCUT2D eigenvalue weighted by Crippen LogP contribution is -2.30. The first-order valence-electron chi connectivity index (χ1n) is 7.98. The van der Waals surface area contributed by atoms with Crippen molar-refractivity contribution < 1.29 is 23.8 Å². The van der Waals surface area contributed by atoms with Gasteiger partial charge < -0.3 is 19.5 Å². The molecule has 1 heterocycles. The fourth-order valence-electron chi connectivity index (χ4n) is 2.33. The van der Waals surface area contributed by atoms with Crippen LogP contribution < -0.4 is 14.8 Å². The Hall–Kier alpha value is -3.53. The van der Waals surface area contributed by atoms with Gasteiger partial charge in [-0.05, 0) is 43.3 Å². The zero-order valence-corrected chi connectivity index (χ0v) is 14.0. The highest BCUT2D eigenvalue weighted by atomic mass is 16.6. The van der Waals surface area contributed by atoms with Gasteiger partial charge in [0.25, 0.3) is 5.91 Å². The molecule has 7 heteroatoms. The van der Waals surface area contributed by atoms with Gasteiger partial charge in [0.2, 0.25) is 0 Å². The second-order valence-electron chi connectivity index (χ2n) is 5.58. The van der Waals surface area contributed by atoms with Crippen LogP contribution in [-0.2, 0) is 9.53 Å². The van der Waals surface area contributed by atoms with Crippen LogP contribution in [0.25, 0.3) is 0 Å². The van der Waals surface area contributed by atoms with E-state index >= 15 is 0 Å². The van der Waals surface area contributed by atoms with Crippen LogP contribution in [0.1, 0.15) is 22.8 Å². The van der Waals surface area contributed by atoms with Crippen LogP contribution in [-0.4, -0.2) is 31.2 Å². The fourth-order valence-corrected chi connectivity index (χ4v) is 2.33. The summed E-state index contributed by atoms with van der Waals surface area (Å²) >= 11 is 0. The molecule has 3 rings (SSSR count). The average molecular weight is 352 g/mol. The van der Waals surface area contributed by atoms with E-state index in [4.69, 9.17) is 19.5 Å². The third-order valence-electron chi connectivity index (χ3n) is 3.71. The summed E-state index contributed by atoms with van der Waals surface area (Å²) in [5.74, 6) is 0.0637. The zero-order valence-electron chi connectivity index (χ0n) is 14.0. The van der Waals surface area contributed by atoms with Crippen LogP contribution in [0, 0.1) is 11.3 Å². The van der Waals surface area contributed by atoms with Gasteiger partial charge in [0, 0.05) is 11.8 Å². The normalized spacial score (nSPS) is 13.2. The lowest BCUT2D eigenvalue weighted by Gasteiger charge is -2.19. The van der Waals surface area contributed by atoms with E-state index in [-0.39, 0.29) is 5.56 Å². The summed E-state index contributed by atoms with van der Waals surface area (Å²) in [4.78, 5) is 24.3. The highest BCUT2D eigenvalue weighted by molar-refractivity contribution is 5.97. The Morgan fingerprint density at radius 3 is 2.50 bits per heavy atom. The second-order valence-corrected chi connectivity index (χ2v) is 5.58. The highest BCUT2D eigenvalue weighted by Gasteiger charge is 2.20. The molecule has 0 fully saturated rings. The van der Waals surface area contributed by atoms with E-state index in [0.29, 0.717) is 36.0 Å². The number of benzene rings is 2. The number of rotatable bonds is 4. The van der Waals surface area contributed by atoms with Gasteiger partial charge in [-0.2, -0.15) is 5.26 Å². The number of nitrogens with one attached hydrogen (secondary N) is 1. The maximum atomic E-state index is 12.2. The van der Waals surface area contributed by atoms with Crippen molar-refractivity contribution >= 4 is 17.6 Å². The number of anilines is 1.